The number of anilines is 1. The Kier molecular flexibility index (Phi) is 4.14. The molecule has 0 radical (unpaired) electrons. The number of pyridine rings is 2. The molecule has 7 heteroatoms. The molecule has 0 saturated heterocycles. The molecular weight excluding hydrogens is 410 g/mol. The van der Waals surface area contributed by atoms with Crippen LogP contribution in [0.2, 0.25) is 0 Å². The number of para-hydroxylation sites is 1. The summed E-state index contributed by atoms with van der Waals surface area (Å²) in [5.41, 5.74) is 11.1. The average Bonchev–Trinajstić information content (AvgIpc) is 3.15. The van der Waals surface area contributed by atoms with Gasteiger partial charge < -0.3 is 16.0 Å². The molecule has 2 aliphatic rings. The van der Waals surface area contributed by atoms with Crippen LogP contribution >= 0.6 is 0 Å². The van der Waals surface area contributed by atoms with Gasteiger partial charge in [0.25, 0.3) is 0 Å². The number of hydrogen-bond acceptors (Lipinski definition) is 6. The smallest absolute Gasteiger partial charge is 0.163 e. The number of rotatable bonds is 4. The highest BCUT2D eigenvalue weighted by atomic mass is 15.1. The second-order valence-corrected chi connectivity index (χ2v) is 9.47. The van der Waals surface area contributed by atoms with Crippen molar-refractivity contribution in [1.29, 1.82) is 0 Å². The molecule has 0 aliphatic heterocycles. The van der Waals surface area contributed by atoms with Crippen LogP contribution in [0.4, 0.5) is 5.82 Å². The highest BCUT2D eigenvalue weighted by Crippen LogP contribution is 2.42. The molecule has 0 spiro atoms. The van der Waals surface area contributed by atoms with E-state index in [2.05, 4.69) is 38.5 Å². The highest BCUT2D eigenvalue weighted by Gasteiger charge is 2.29. The van der Waals surface area contributed by atoms with Crippen molar-refractivity contribution < 1.29 is 0 Å². The first-order valence-corrected chi connectivity index (χ1v) is 11.8. The van der Waals surface area contributed by atoms with Crippen molar-refractivity contribution in [2.75, 3.05) is 5.32 Å². The zero-order valence-corrected chi connectivity index (χ0v) is 18.3. The minimum Gasteiger partial charge on any atom is -0.367 e. The number of hydrogen-bond donors (Lipinski definition) is 3. The zero-order chi connectivity index (χ0) is 21.9. The minimum absolute atomic E-state index is 0.272. The number of aromatic nitrogens is 5. The lowest BCUT2D eigenvalue weighted by atomic mass is 9.79. The average molecular weight is 436 g/mol. The maximum atomic E-state index is 6.07. The first kappa shape index (κ1) is 18.9. The lowest BCUT2D eigenvalue weighted by Crippen LogP contribution is -2.44. The van der Waals surface area contributed by atoms with Gasteiger partial charge in [0.1, 0.15) is 11.5 Å². The van der Waals surface area contributed by atoms with E-state index in [-0.39, 0.29) is 6.04 Å². The van der Waals surface area contributed by atoms with Gasteiger partial charge in [-0.1, -0.05) is 24.6 Å². The Morgan fingerprint density at radius 2 is 1.88 bits per heavy atom. The van der Waals surface area contributed by atoms with Gasteiger partial charge in [0.15, 0.2) is 5.82 Å². The Labute approximate surface area is 190 Å². The predicted molar refractivity (Wildman–Crippen MR) is 131 cm³/mol. The third-order valence-corrected chi connectivity index (χ3v) is 7.34. The molecule has 0 unspecified atom stereocenters. The first-order chi connectivity index (χ1) is 16.2. The Balaban J connectivity index is 1.46. The first-order valence-electron chi connectivity index (χ1n) is 11.8. The molecule has 2 aliphatic carbocycles. The maximum Gasteiger partial charge on any atom is 0.163 e. The molecule has 0 amide bonds. The summed E-state index contributed by atoms with van der Waals surface area (Å²) in [6, 6.07) is 10.9. The van der Waals surface area contributed by atoms with Crippen molar-refractivity contribution in [2.45, 2.75) is 50.1 Å². The molecule has 0 atom stereocenters. The molecule has 164 valence electrons. The number of nitrogens with zero attached hydrogens (tertiary/aromatic N) is 4. The summed E-state index contributed by atoms with van der Waals surface area (Å²) in [6.45, 7) is 0. The van der Waals surface area contributed by atoms with Gasteiger partial charge in [-0.15, -0.1) is 0 Å². The fourth-order valence-corrected chi connectivity index (χ4v) is 5.29. The third-order valence-electron chi connectivity index (χ3n) is 7.34. The van der Waals surface area contributed by atoms with Crippen LogP contribution in [0.25, 0.3) is 44.2 Å². The highest BCUT2D eigenvalue weighted by molar-refractivity contribution is 6.12. The van der Waals surface area contributed by atoms with Crippen molar-refractivity contribution in [3.63, 3.8) is 0 Å². The molecule has 7 nitrogen and oxygen atoms in total. The van der Waals surface area contributed by atoms with Crippen LogP contribution in [0.3, 0.4) is 0 Å². The molecule has 4 aromatic heterocycles. The fourth-order valence-electron chi connectivity index (χ4n) is 5.29. The van der Waals surface area contributed by atoms with Crippen molar-refractivity contribution in [3.8, 4) is 11.4 Å². The second kappa shape index (κ2) is 7.22. The summed E-state index contributed by atoms with van der Waals surface area (Å²) in [7, 11) is 0. The second-order valence-electron chi connectivity index (χ2n) is 9.47. The van der Waals surface area contributed by atoms with Gasteiger partial charge in [-0.2, -0.15) is 0 Å². The van der Waals surface area contributed by atoms with Crippen LogP contribution in [0.5, 0.6) is 0 Å². The van der Waals surface area contributed by atoms with Crippen molar-refractivity contribution in [1.82, 2.24) is 24.9 Å². The molecule has 1 aromatic carbocycles. The summed E-state index contributed by atoms with van der Waals surface area (Å²) >= 11 is 0. The van der Waals surface area contributed by atoms with Crippen molar-refractivity contribution >= 4 is 38.7 Å². The molecular formula is C26H25N7. The Morgan fingerprint density at radius 3 is 2.70 bits per heavy atom. The SMILES string of the molecule is N[C@H]1C[C@H](Nc2nc(-c3ccnc4[nH]c5ccccc5c34)nc3cncc(C4CCC4)c23)C1. The number of nitrogens with two attached hydrogens (primary N) is 1. The standard InChI is InChI=1S/C26H25N7/c27-15-10-16(11-15)30-26-23-19(14-4-3-5-14)12-28-13-21(23)32-24(33-26)18-8-9-29-25-22(18)17-6-1-2-7-20(17)31-25/h1-2,6-9,12-16H,3-5,10-11,27H2,(H,29,31)(H,30,32,33)/t15-,16-. The zero-order valence-electron chi connectivity index (χ0n) is 18.3. The summed E-state index contributed by atoms with van der Waals surface area (Å²) in [5.74, 6) is 2.14. The van der Waals surface area contributed by atoms with Crippen LogP contribution < -0.4 is 11.1 Å². The molecule has 2 fully saturated rings. The van der Waals surface area contributed by atoms with Gasteiger partial charge in [-0.05, 0) is 49.3 Å². The molecule has 2 saturated carbocycles. The van der Waals surface area contributed by atoms with Crippen LogP contribution in [0, 0.1) is 0 Å². The fraction of sp³-hybridized carbons (Fsp3) is 0.308. The van der Waals surface area contributed by atoms with Gasteiger partial charge in [0.05, 0.1) is 11.7 Å². The number of benzene rings is 1. The van der Waals surface area contributed by atoms with Crippen LogP contribution in [0.1, 0.15) is 43.6 Å². The number of nitrogens with one attached hydrogen (secondary N) is 2. The maximum absolute atomic E-state index is 6.07. The Morgan fingerprint density at radius 1 is 1.00 bits per heavy atom. The number of fused-ring (bicyclic) bond motifs is 4. The molecule has 5 aromatic rings. The van der Waals surface area contributed by atoms with Gasteiger partial charge in [0, 0.05) is 51.7 Å². The van der Waals surface area contributed by atoms with E-state index in [1.807, 2.05) is 30.7 Å². The molecule has 4 N–H and O–H groups in total. The van der Waals surface area contributed by atoms with Gasteiger partial charge in [0.2, 0.25) is 0 Å². The Bertz CT molecular complexity index is 1510. The molecule has 4 heterocycles. The topological polar surface area (TPSA) is 105 Å². The van der Waals surface area contributed by atoms with E-state index in [9.17, 15) is 0 Å². The largest absolute Gasteiger partial charge is 0.367 e. The van der Waals surface area contributed by atoms with Crippen LogP contribution in [0.15, 0.2) is 48.9 Å². The predicted octanol–water partition coefficient (Wildman–Crippen LogP) is 4.89. The molecule has 7 rings (SSSR count). The van der Waals surface area contributed by atoms with Crippen LogP contribution in [-0.4, -0.2) is 37.0 Å². The van der Waals surface area contributed by atoms with E-state index in [1.54, 1.807) is 0 Å². The van der Waals surface area contributed by atoms with Gasteiger partial charge >= 0.3 is 0 Å². The van der Waals surface area contributed by atoms with Crippen molar-refractivity contribution in [3.05, 3.63) is 54.5 Å². The van der Waals surface area contributed by atoms with E-state index in [4.69, 9.17) is 15.7 Å². The molecule has 33 heavy (non-hydrogen) atoms. The van der Waals surface area contributed by atoms with E-state index >= 15 is 0 Å². The number of aromatic amines is 1. The Hall–Kier alpha value is -3.58. The normalized spacial score (nSPS) is 20.8. The van der Waals surface area contributed by atoms with Gasteiger partial charge in [-0.25, -0.2) is 15.0 Å². The van der Waals surface area contributed by atoms with E-state index < -0.39 is 0 Å². The lowest BCUT2D eigenvalue weighted by molar-refractivity contribution is 0.373. The molecule has 0 bridgehead atoms. The van der Waals surface area contributed by atoms with Gasteiger partial charge in [-0.3, -0.25) is 4.98 Å². The third kappa shape index (κ3) is 2.99. The monoisotopic (exact) mass is 435 g/mol. The quantitative estimate of drug-likeness (QED) is 0.371. The summed E-state index contributed by atoms with van der Waals surface area (Å²) in [5, 5.41) is 6.99. The van der Waals surface area contributed by atoms with E-state index in [0.717, 1.165) is 57.1 Å². The van der Waals surface area contributed by atoms with E-state index in [0.29, 0.717) is 17.8 Å². The van der Waals surface area contributed by atoms with Crippen LogP contribution in [-0.2, 0) is 0 Å². The number of H-pyrrole nitrogens is 1. The summed E-state index contributed by atoms with van der Waals surface area (Å²) in [6.07, 6.45) is 11.3. The summed E-state index contributed by atoms with van der Waals surface area (Å²) < 4.78 is 0. The van der Waals surface area contributed by atoms with Crippen molar-refractivity contribution in [2.24, 2.45) is 5.73 Å². The lowest BCUT2D eigenvalue weighted by Gasteiger charge is -2.34. The summed E-state index contributed by atoms with van der Waals surface area (Å²) in [4.78, 5) is 22.7. The minimum atomic E-state index is 0.272. The van der Waals surface area contributed by atoms with E-state index in [1.165, 1.54) is 24.8 Å².